The number of nitrogens with two attached hydrogens (primary N) is 1. The molecule has 0 spiro atoms. The highest BCUT2D eigenvalue weighted by atomic mass is 35.5. The third-order valence-electron chi connectivity index (χ3n) is 4.38. The summed E-state index contributed by atoms with van der Waals surface area (Å²) in [5.41, 5.74) is 9.44. The summed E-state index contributed by atoms with van der Waals surface area (Å²) in [6, 6.07) is 4.27. The van der Waals surface area contributed by atoms with Crippen LogP contribution in [0.1, 0.15) is 65.5 Å². The maximum Gasteiger partial charge on any atom is 0.0673 e. The first-order valence-corrected chi connectivity index (χ1v) is 7.13. The molecule has 0 atom stereocenters. The van der Waals surface area contributed by atoms with Gasteiger partial charge in [0.05, 0.1) is 10.7 Å². The Morgan fingerprint density at radius 3 is 1.94 bits per heavy atom. The molecule has 0 radical (unpaired) electrons. The smallest absolute Gasteiger partial charge is 0.0673 e. The summed E-state index contributed by atoms with van der Waals surface area (Å²) in [5, 5.41) is 0.720. The van der Waals surface area contributed by atoms with Crippen molar-refractivity contribution in [2.45, 2.75) is 65.2 Å². The van der Waals surface area contributed by atoms with Crippen molar-refractivity contribution in [1.82, 2.24) is 0 Å². The SMILES string of the molecule is CCC(C)(C)c1cc(N)c(Cl)c(C(C)(C)CC)c1. The Morgan fingerprint density at radius 1 is 1.00 bits per heavy atom. The molecular formula is C16H26ClN. The van der Waals surface area contributed by atoms with Crippen molar-refractivity contribution in [2.24, 2.45) is 0 Å². The van der Waals surface area contributed by atoms with Gasteiger partial charge in [-0.05, 0) is 40.9 Å². The monoisotopic (exact) mass is 267 g/mol. The van der Waals surface area contributed by atoms with E-state index in [4.69, 9.17) is 17.3 Å². The molecule has 102 valence electrons. The van der Waals surface area contributed by atoms with Gasteiger partial charge in [-0.1, -0.05) is 59.2 Å². The quantitative estimate of drug-likeness (QED) is 0.736. The van der Waals surface area contributed by atoms with E-state index in [1.54, 1.807) is 0 Å². The summed E-state index contributed by atoms with van der Waals surface area (Å²) in [5.74, 6) is 0. The number of halogens is 1. The van der Waals surface area contributed by atoms with Gasteiger partial charge >= 0.3 is 0 Å². The Balaban J connectivity index is 3.46. The molecule has 1 aromatic carbocycles. The molecule has 0 saturated carbocycles. The average Bonchev–Trinajstić information content (AvgIpc) is 2.31. The molecule has 0 saturated heterocycles. The van der Waals surface area contributed by atoms with Crippen LogP contribution >= 0.6 is 11.6 Å². The fourth-order valence-corrected chi connectivity index (χ4v) is 2.29. The van der Waals surface area contributed by atoms with E-state index >= 15 is 0 Å². The molecule has 0 fully saturated rings. The van der Waals surface area contributed by atoms with Crippen LogP contribution in [0.2, 0.25) is 5.02 Å². The standard InChI is InChI=1S/C16H26ClN/c1-7-15(3,4)11-9-12(16(5,6)8-2)14(17)13(18)10-11/h9-10H,7-8,18H2,1-6H3. The maximum absolute atomic E-state index is 6.40. The van der Waals surface area contributed by atoms with E-state index in [9.17, 15) is 0 Å². The van der Waals surface area contributed by atoms with E-state index in [2.05, 4.69) is 47.6 Å². The second-order valence-electron chi connectivity index (χ2n) is 6.40. The highest BCUT2D eigenvalue weighted by Crippen LogP contribution is 2.40. The second-order valence-corrected chi connectivity index (χ2v) is 6.78. The largest absolute Gasteiger partial charge is 0.398 e. The maximum atomic E-state index is 6.40. The fraction of sp³-hybridized carbons (Fsp3) is 0.625. The van der Waals surface area contributed by atoms with Crippen LogP contribution in [0.3, 0.4) is 0 Å². The molecule has 1 rings (SSSR count). The van der Waals surface area contributed by atoms with Crippen molar-refractivity contribution in [2.75, 3.05) is 5.73 Å². The first-order chi connectivity index (χ1) is 8.15. The first-order valence-electron chi connectivity index (χ1n) is 6.75. The van der Waals surface area contributed by atoms with E-state index in [1.165, 1.54) is 11.1 Å². The summed E-state index contributed by atoms with van der Waals surface area (Å²) < 4.78 is 0. The van der Waals surface area contributed by atoms with Crippen molar-refractivity contribution in [1.29, 1.82) is 0 Å². The average molecular weight is 268 g/mol. The minimum atomic E-state index is 0.0606. The van der Waals surface area contributed by atoms with Gasteiger partial charge in [0.25, 0.3) is 0 Å². The van der Waals surface area contributed by atoms with Crippen LogP contribution in [0.25, 0.3) is 0 Å². The lowest BCUT2D eigenvalue weighted by Gasteiger charge is -2.30. The molecule has 0 amide bonds. The Kier molecular flexibility index (Phi) is 4.38. The number of benzene rings is 1. The topological polar surface area (TPSA) is 26.0 Å². The fourth-order valence-electron chi connectivity index (χ4n) is 1.92. The zero-order chi connectivity index (χ0) is 14.1. The molecule has 0 aliphatic rings. The highest BCUT2D eigenvalue weighted by Gasteiger charge is 2.26. The number of nitrogen functional groups attached to an aromatic ring is 1. The molecule has 0 heterocycles. The highest BCUT2D eigenvalue weighted by molar-refractivity contribution is 6.34. The molecule has 0 aliphatic carbocycles. The number of hydrogen-bond acceptors (Lipinski definition) is 1. The van der Waals surface area contributed by atoms with Crippen LogP contribution in [-0.4, -0.2) is 0 Å². The van der Waals surface area contributed by atoms with Gasteiger partial charge in [-0.15, -0.1) is 0 Å². The third-order valence-corrected chi connectivity index (χ3v) is 4.80. The Hall–Kier alpha value is -0.690. The van der Waals surface area contributed by atoms with Crippen LogP contribution in [0.15, 0.2) is 12.1 Å². The van der Waals surface area contributed by atoms with Gasteiger partial charge in [0.15, 0.2) is 0 Å². The normalized spacial score (nSPS) is 12.8. The van der Waals surface area contributed by atoms with Gasteiger partial charge in [-0.3, -0.25) is 0 Å². The molecule has 0 aromatic heterocycles. The van der Waals surface area contributed by atoms with Gasteiger partial charge in [-0.2, -0.15) is 0 Å². The van der Waals surface area contributed by atoms with E-state index in [0.29, 0.717) is 5.69 Å². The predicted molar refractivity (Wildman–Crippen MR) is 82.5 cm³/mol. The first kappa shape index (κ1) is 15.4. The lowest BCUT2D eigenvalue weighted by Crippen LogP contribution is -2.21. The number of hydrogen-bond donors (Lipinski definition) is 1. The van der Waals surface area contributed by atoms with Crippen LogP contribution in [0, 0.1) is 0 Å². The minimum Gasteiger partial charge on any atom is -0.398 e. The van der Waals surface area contributed by atoms with E-state index in [1.807, 2.05) is 6.07 Å². The molecule has 2 heteroatoms. The molecule has 2 N–H and O–H groups in total. The molecule has 1 aromatic rings. The van der Waals surface area contributed by atoms with Crippen LogP contribution in [0.5, 0.6) is 0 Å². The third kappa shape index (κ3) is 2.83. The zero-order valence-corrected chi connectivity index (χ0v) is 13.3. The number of anilines is 1. The Labute approximate surface area is 117 Å². The van der Waals surface area contributed by atoms with Crippen molar-refractivity contribution < 1.29 is 0 Å². The van der Waals surface area contributed by atoms with Gasteiger partial charge in [0, 0.05) is 0 Å². The molecular weight excluding hydrogens is 242 g/mol. The second kappa shape index (κ2) is 5.13. The van der Waals surface area contributed by atoms with E-state index in [-0.39, 0.29) is 10.8 Å². The van der Waals surface area contributed by atoms with Crippen molar-refractivity contribution in [3.05, 3.63) is 28.3 Å². The molecule has 0 bridgehead atoms. The van der Waals surface area contributed by atoms with E-state index in [0.717, 1.165) is 17.9 Å². The Morgan fingerprint density at radius 2 is 1.50 bits per heavy atom. The lowest BCUT2D eigenvalue weighted by atomic mass is 9.76. The predicted octanol–water partition coefficient (Wildman–Crippen LogP) is 5.30. The summed E-state index contributed by atoms with van der Waals surface area (Å²) in [7, 11) is 0. The lowest BCUT2D eigenvalue weighted by molar-refractivity contribution is 0.489. The van der Waals surface area contributed by atoms with Crippen molar-refractivity contribution in [3.8, 4) is 0 Å². The van der Waals surface area contributed by atoms with Crippen LogP contribution in [0.4, 0.5) is 5.69 Å². The van der Waals surface area contributed by atoms with E-state index < -0.39 is 0 Å². The van der Waals surface area contributed by atoms with Crippen molar-refractivity contribution >= 4 is 17.3 Å². The van der Waals surface area contributed by atoms with Crippen LogP contribution in [-0.2, 0) is 10.8 Å². The molecule has 1 nitrogen and oxygen atoms in total. The van der Waals surface area contributed by atoms with Gasteiger partial charge in [0.2, 0.25) is 0 Å². The summed E-state index contributed by atoms with van der Waals surface area (Å²) >= 11 is 6.40. The van der Waals surface area contributed by atoms with Gasteiger partial charge in [0.1, 0.15) is 0 Å². The summed E-state index contributed by atoms with van der Waals surface area (Å²) in [4.78, 5) is 0. The summed E-state index contributed by atoms with van der Waals surface area (Å²) in [6.45, 7) is 13.3. The molecule has 0 aliphatic heterocycles. The zero-order valence-electron chi connectivity index (χ0n) is 12.5. The Bertz CT molecular complexity index is 433. The molecule has 18 heavy (non-hydrogen) atoms. The summed E-state index contributed by atoms with van der Waals surface area (Å²) in [6.07, 6.45) is 2.13. The van der Waals surface area contributed by atoms with Crippen molar-refractivity contribution in [3.63, 3.8) is 0 Å². The molecule has 0 unspecified atom stereocenters. The van der Waals surface area contributed by atoms with Gasteiger partial charge in [-0.25, -0.2) is 0 Å². The number of rotatable bonds is 4. The van der Waals surface area contributed by atoms with Gasteiger partial charge < -0.3 is 5.73 Å². The van der Waals surface area contributed by atoms with Crippen LogP contribution < -0.4 is 5.73 Å². The minimum absolute atomic E-state index is 0.0606.